The largest absolute Gasteiger partial charge is 0.451 e. The van der Waals surface area contributed by atoms with E-state index in [2.05, 4.69) is 9.97 Å². The third-order valence-electron chi connectivity index (χ3n) is 2.15. The van der Waals surface area contributed by atoms with Gasteiger partial charge in [0.05, 0.1) is 18.2 Å². The van der Waals surface area contributed by atoms with E-state index in [0.29, 0.717) is 0 Å². The van der Waals surface area contributed by atoms with Gasteiger partial charge in [-0.2, -0.15) is 31.6 Å². The Bertz CT molecular complexity index is 548. The summed E-state index contributed by atoms with van der Waals surface area (Å²) in [6.07, 6.45) is -11.6. The Kier molecular flexibility index (Phi) is 4.81. The summed E-state index contributed by atoms with van der Waals surface area (Å²) in [6.45, 7) is 0. The molecular weight excluding hydrogens is 345 g/mol. The smallest absolute Gasteiger partial charge is 0.228 e. The van der Waals surface area contributed by atoms with Crippen LogP contribution in [0, 0.1) is 11.3 Å². The first-order valence-electron chi connectivity index (χ1n) is 4.98. The third kappa shape index (κ3) is 4.21. The van der Waals surface area contributed by atoms with E-state index in [-0.39, 0.29) is 0 Å². The van der Waals surface area contributed by atoms with E-state index in [4.69, 9.17) is 5.26 Å². The van der Waals surface area contributed by atoms with Crippen LogP contribution < -0.4 is 0 Å². The van der Waals surface area contributed by atoms with E-state index in [1.807, 2.05) is 0 Å². The predicted octanol–water partition coefficient (Wildman–Crippen LogP) is 3.41. The van der Waals surface area contributed by atoms with Crippen molar-refractivity contribution in [3.8, 4) is 6.07 Å². The highest BCUT2D eigenvalue weighted by Crippen LogP contribution is 2.44. The number of nitrogens with zero attached hydrogens (tertiary/aromatic N) is 3. The number of aromatic nitrogens is 2. The summed E-state index contributed by atoms with van der Waals surface area (Å²) >= 11 is 0. The van der Waals surface area contributed by atoms with Gasteiger partial charge < -0.3 is 0 Å². The summed E-state index contributed by atoms with van der Waals surface area (Å²) in [5.41, 5.74) is -4.19. The first-order valence-corrected chi connectivity index (χ1v) is 6.13. The van der Waals surface area contributed by atoms with Crippen LogP contribution >= 0.6 is 18.5 Å². The second kappa shape index (κ2) is 5.62. The lowest BCUT2D eigenvalue weighted by Crippen LogP contribution is -2.24. The Morgan fingerprint density at radius 3 is 1.71 bits per heavy atom. The summed E-state index contributed by atoms with van der Waals surface area (Å²) in [7, 11) is 2.81. The van der Waals surface area contributed by atoms with Crippen molar-refractivity contribution in [1.82, 2.24) is 9.97 Å². The monoisotopic (exact) mass is 351 g/mol. The van der Waals surface area contributed by atoms with Gasteiger partial charge in [-0.25, -0.2) is 14.4 Å². The standard InChI is InChI=1S/C9H6F7N3P2/c10-7(11,12)4-3(1-2-17)5(9(16,20)21)19-6(18-4)8(13,14)15/h1,20-21H2. The van der Waals surface area contributed by atoms with Crippen LogP contribution in [0.15, 0.2) is 0 Å². The Labute approximate surface area is 118 Å². The molecule has 2 atom stereocenters. The van der Waals surface area contributed by atoms with Crippen LogP contribution in [0.5, 0.6) is 0 Å². The van der Waals surface area contributed by atoms with Crippen LogP contribution in [-0.2, 0) is 23.9 Å². The van der Waals surface area contributed by atoms with Crippen molar-refractivity contribution in [1.29, 1.82) is 5.26 Å². The fraction of sp³-hybridized carbons (Fsp3) is 0.444. The molecule has 0 saturated heterocycles. The molecule has 116 valence electrons. The van der Waals surface area contributed by atoms with Gasteiger partial charge in [0.15, 0.2) is 10.8 Å². The zero-order valence-electron chi connectivity index (χ0n) is 9.85. The molecule has 0 fully saturated rings. The molecule has 1 aromatic rings. The molecule has 0 spiro atoms. The Hall–Kier alpha value is -1.06. The molecule has 0 aliphatic carbocycles. The quantitative estimate of drug-likeness (QED) is 0.606. The minimum absolute atomic E-state index is 0.989. The average molecular weight is 351 g/mol. The lowest BCUT2D eigenvalue weighted by atomic mass is 10.1. The van der Waals surface area contributed by atoms with Gasteiger partial charge in [0.1, 0.15) is 0 Å². The highest BCUT2D eigenvalue weighted by molar-refractivity contribution is 7.38. The predicted molar refractivity (Wildman–Crippen MR) is 63.6 cm³/mol. The lowest BCUT2D eigenvalue weighted by molar-refractivity contribution is -0.153. The molecule has 0 amide bonds. The van der Waals surface area contributed by atoms with Crippen molar-refractivity contribution < 1.29 is 30.7 Å². The maximum absolute atomic E-state index is 13.8. The number of nitriles is 1. The minimum atomic E-state index is -5.29. The summed E-state index contributed by atoms with van der Waals surface area (Å²) in [4.78, 5) is 5.21. The van der Waals surface area contributed by atoms with Gasteiger partial charge in [-0.1, -0.05) is 18.5 Å². The first kappa shape index (κ1) is 18.0. The van der Waals surface area contributed by atoms with Gasteiger partial charge in [0.25, 0.3) is 0 Å². The zero-order valence-corrected chi connectivity index (χ0v) is 12.2. The summed E-state index contributed by atoms with van der Waals surface area (Å²) in [5, 5.41) is 5.73. The molecule has 0 aromatic carbocycles. The van der Waals surface area contributed by atoms with Crippen molar-refractivity contribution in [3.63, 3.8) is 0 Å². The van der Waals surface area contributed by atoms with Crippen LogP contribution in [-0.4, -0.2) is 9.97 Å². The maximum Gasteiger partial charge on any atom is 0.451 e. The second-order valence-corrected chi connectivity index (χ2v) is 6.17. The highest BCUT2D eigenvalue weighted by Gasteiger charge is 2.44. The van der Waals surface area contributed by atoms with Gasteiger partial charge in [-0.05, 0) is 0 Å². The van der Waals surface area contributed by atoms with Gasteiger partial charge >= 0.3 is 12.4 Å². The van der Waals surface area contributed by atoms with Crippen LogP contribution in [0.1, 0.15) is 22.8 Å². The Morgan fingerprint density at radius 2 is 1.38 bits per heavy atom. The molecule has 0 bridgehead atoms. The number of hydrogen-bond donors (Lipinski definition) is 0. The minimum Gasteiger partial charge on any atom is -0.228 e. The van der Waals surface area contributed by atoms with E-state index in [1.54, 1.807) is 0 Å². The van der Waals surface area contributed by atoms with Gasteiger partial charge in [0.2, 0.25) is 5.82 Å². The highest BCUT2D eigenvalue weighted by atomic mass is 31.1. The normalized spacial score (nSPS) is 13.1. The molecule has 12 heteroatoms. The van der Waals surface area contributed by atoms with Crippen LogP contribution in [0.3, 0.4) is 0 Å². The SMILES string of the molecule is N#CCc1c(C(F)(F)F)nc(C(F)(F)F)nc1C(F)(P)P. The van der Waals surface area contributed by atoms with Crippen LogP contribution in [0.25, 0.3) is 0 Å². The van der Waals surface area contributed by atoms with Crippen LogP contribution in [0.2, 0.25) is 0 Å². The lowest BCUT2D eigenvalue weighted by Gasteiger charge is -2.21. The van der Waals surface area contributed by atoms with E-state index >= 15 is 0 Å². The molecule has 1 rings (SSSR count). The van der Waals surface area contributed by atoms with Gasteiger partial charge in [-0.3, -0.25) is 0 Å². The molecule has 3 nitrogen and oxygen atoms in total. The topological polar surface area (TPSA) is 49.6 Å². The van der Waals surface area contributed by atoms with Gasteiger partial charge in [-0.15, -0.1) is 0 Å². The van der Waals surface area contributed by atoms with Gasteiger partial charge in [0, 0.05) is 5.56 Å². The molecule has 2 unspecified atom stereocenters. The zero-order chi connectivity index (χ0) is 16.6. The molecule has 0 aliphatic rings. The van der Waals surface area contributed by atoms with E-state index < -0.39 is 46.7 Å². The van der Waals surface area contributed by atoms with Crippen LogP contribution in [0.4, 0.5) is 30.7 Å². The molecule has 21 heavy (non-hydrogen) atoms. The molecule has 0 radical (unpaired) electrons. The second-order valence-electron chi connectivity index (χ2n) is 3.82. The number of alkyl halides is 7. The molecular formula is C9H6F7N3P2. The average Bonchev–Trinajstić information content (AvgIpc) is 2.24. The first-order chi connectivity index (χ1) is 9.28. The molecule has 1 heterocycles. The Morgan fingerprint density at radius 1 is 0.905 bits per heavy atom. The van der Waals surface area contributed by atoms with Crippen molar-refractivity contribution in [2.24, 2.45) is 0 Å². The molecule has 0 saturated carbocycles. The van der Waals surface area contributed by atoms with Crippen molar-refractivity contribution in [2.45, 2.75) is 23.9 Å². The molecule has 0 N–H and O–H groups in total. The van der Waals surface area contributed by atoms with Crippen molar-refractivity contribution in [3.05, 3.63) is 22.8 Å². The number of rotatable bonds is 2. The van der Waals surface area contributed by atoms with Crippen molar-refractivity contribution >= 4 is 18.5 Å². The van der Waals surface area contributed by atoms with E-state index in [9.17, 15) is 30.7 Å². The summed E-state index contributed by atoms with van der Waals surface area (Å²) in [6, 6.07) is 1.32. The van der Waals surface area contributed by atoms with Crippen molar-refractivity contribution in [2.75, 3.05) is 0 Å². The fourth-order valence-corrected chi connectivity index (χ4v) is 1.89. The fourth-order valence-electron chi connectivity index (χ4n) is 1.41. The molecule has 1 aromatic heterocycles. The Balaban J connectivity index is 3.80. The molecule has 0 aliphatic heterocycles. The van der Waals surface area contributed by atoms with E-state index in [1.165, 1.54) is 24.5 Å². The summed E-state index contributed by atoms with van der Waals surface area (Å²) < 4.78 is 89.9. The summed E-state index contributed by atoms with van der Waals surface area (Å²) in [5.74, 6) is -2.13. The maximum atomic E-state index is 13.8. The third-order valence-corrected chi connectivity index (χ3v) is 2.69. The van der Waals surface area contributed by atoms with E-state index in [0.717, 1.165) is 0 Å². The number of hydrogen-bond acceptors (Lipinski definition) is 3. The number of halogens is 7.